The molecule has 1 saturated carbocycles. The van der Waals surface area contributed by atoms with Crippen LogP contribution in [0.4, 0.5) is 0 Å². The molecule has 110 valence electrons. The fraction of sp³-hybridized carbons (Fsp3) is 0.562. The van der Waals surface area contributed by atoms with Crippen LogP contribution in [-0.4, -0.2) is 11.9 Å². The van der Waals surface area contributed by atoms with Crippen LogP contribution in [0.25, 0.3) is 0 Å². The van der Waals surface area contributed by atoms with Gasteiger partial charge in [0.25, 0.3) is 5.91 Å². The van der Waals surface area contributed by atoms with Gasteiger partial charge in [0.05, 0.1) is 0 Å². The van der Waals surface area contributed by atoms with E-state index in [2.05, 4.69) is 23.6 Å². The van der Waals surface area contributed by atoms with E-state index in [9.17, 15) is 4.79 Å². The lowest BCUT2D eigenvalue weighted by atomic mass is 9.86. The second-order valence-corrected chi connectivity index (χ2v) is 5.93. The largest absolute Gasteiger partial charge is 0.349 e. The molecular weight excluding hydrogens is 272 g/mol. The van der Waals surface area contributed by atoms with Crippen molar-refractivity contribution in [2.45, 2.75) is 51.7 Å². The maximum atomic E-state index is 12.3. The van der Waals surface area contributed by atoms with Crippen LogP contribution >= 0.6 is 12.4 Å². The first kappa shape index (κ1) is 15.3. The van der Waals surface area contributed by atoms with Crippen molar-refractivity contribution >= 4 is 18.3 Å². The summed E-state index contributed by atoms with van der Waals surface area (Å²) < 4.78 is 0. The number of nitrogens with one attached hydrogen (secondary N) is 2. The van der Waals surface area contributed by atoms with E-state index >= 15 is 0 Å². The number of carbonyl (C=O) groups is 1. The van der Waals surface area contributed by atoms with Crippen molar-refractivity contribution in [3.8, 4) is 0 Å². The maximum Gasteiger partial charge on any atom is 0.251 e. The Balaban J connectivity index is 0.00000147. The predicted molar refractivity (Wildman–Crippen MR) is 83.1 cm³/mol. The van der Waals surface area contributed by atoms with Crippen molar-refractivity contribution in [1.82, 2.24) is 10.6 Å². The first-order valence-corrected chi connectivity index (χ1v) is 7.37. The quantitative estimate of drug-likeness (QED) is 0.880. The third-order valence-electron chi connectivity index (χ3n) is 4.53. The second kappa shape index (κ2) is 6.59. The van der Waals surface area contributed by atoms with E-state index in [1.807, 2.05) is 12.1 Å². The van der Waals surface area contributed by atoms with Crippen molar-refractivity contribution in [2.24, 2.45) is 5.92 Å². The summed E-state index contributed by atoms with van der Waals surface area (Å²) in [7, 11) is 0. The Morgan fingerprint density at radius 1 is 1.20 bits per heavy atom. The standard InChI is InChI=1S/C16H22N2O.ClH/c1-11-4-2-3-5-15(11)18-16(19)12-6-7-13-9-17-10-14(13)8-12;/h6-8,11,15,17H,2-5,9-10H2,1H3,(H,18,19);1H. The summed E-state index contributed by atoms with van der Waals surface area (Å²) in [5.41, 5.74) is 3.40. The highest BCUT2D eigenvalue weighted by molar-refractivity contribution is 5.94. The Bertz CT molecular complexity index is 489. The van der Waals surface area contributed by atoms with Gasteiger partial charge in [0.2, 0.25) is 0 Å². The van der Waals surface area contributed by atoms with Crippen LogP contribution in [-0.2, 0) is 13.1 Å². The molecule has 1 aliphatic carbocycles. The molecule has 20 heavy (non-hydrogen) atoms. The molecule has 1 aromatic carbocycles. The van der Waals surface area contributed by atoms with Gasteiger partial charge in [-0.05, 0) is 42.0 Å². The lowest BCUT2D eigenvalue weighted by molar-refractivity contribution is 0.0910. The molecule has 1 heterocycles. The van der Waals surface area contributed by atoms with Gasteiger partial charge in [0.1, 0.15) is 0 Å². The molecular formula is C16H23ClN2O. The summed E-state index contributed by atoms with van der Waals surface area (Å²) in [5, 5.41) is 6.53. The zero-order chi connectivity index (χ0) is 13.2. The molecule has 2 aliphatic rings. The minimum atomic E-state index is 0. The smallest absolute Gasteiger partial charge is 0.251 e. The fourth-order valence-electron chi connectivity index (χ4n) is 3.22. The minimum absolute atomic E-state index is 0. The van der Waals surface area contributed by atoms with Crippen molar-refractivity contribution in [3.05, 3.63) is 34.9 Å². The monoisotopic (exact) mass is 294 g/mol. The number of amides is 1. The van der Waals surface area contributed by atoms with Crippen LogP contribution in [0.3, 0.4) is 0 Å². The average molecular weight is 295 g/mol. The highest BCUT2D eigenvalue weighted by Gasteiger charge is 2.23. The Morgan fingerprint density at radius 2 is 1.95 bits per heavy atom. The number of halogens is 1. The topological polar surface area (TPSA) is 41.1 Å². The van der Waals surface area contributed by atoms with Gasteiger partial charge >= 0.3 is 0 Å². The van der Waals surface area contributed by atoms with Gasteiger partial charge in [-0.3, -0.25) is 4.79 Å². The molecule has 2 unspecified atom stereocenters. The maximum absolute atomic E-state index is 12.3. The SMILES string of the molecule is CC1CCCCC1NC(=O)c1ccc2c(c1)CNC2.Cl. The molecule has 0 spiro atoms. The minimum Gasteiger partial charge on any atom is -0.349 e. The molecule has 3 nitrogen and oxygen atoms in total. The van der Waals surface area contributed by atoms with E-state index < -0.39 is 0 Å². The number of rotatable bonds is 2. The number of hydrogen-bond acceptors (Lipinski definition) is 2. The van der Waals surface area contributed by atoms with Crippen molar-refractivity contribution in [1.29, 1.82) is 0 Å². The number of fused-ring (bicyclic) bond motifs is 1. The third kappa shape index (κ3) is 3.15. The Hall–Kier alpha value is -1.06. The van der Waals surface area contributed by atoms with Crippen molar-refractivity contribution in [3.63, 3.8) is 0 Å². The van der Waals surface area contributed by atoms with Crippen LogP contribution in [0.15, 0.2) is 18.2 Å². The van der Waals surface area contributed by atoms with Crippen molar-refractivity contribution < 1.29 is 4.79 Å². The van der Waals surface area contributed by atoms with E-state index in [1.54, 1.807) is 0 Å². The number of benzene rings is 1. The highest BCUT2D eigenvalue weighted by Crippen LogP contribution is 2.24. The van der Waals surface area contributed by atoms with E-state index in [4.69, 9.17) is 0 Å². The first-order chi connectivity index (χ1) is 9.24. The van der Waals surface area contributed by atoms with E-state index in [-0.39, 0.29) is 18.3 Å². The van der Waals surface area contributed by atoms with Crippen molar-refractivity contribution in [2.75, 3.05) is 0 Å². The highest BCUT2D eigenvalue weighted by atomic mass is 35.5. The summed E-state index contributed by atoms with van der Waals surface area (Å²) in [6.07, 6.45) is 4.90. The number of hydrogen-bond donors (Lipinski definition) is 2. The molecule has 2 N–H and O–H groups in total. The molecule has 1 aromatic rings. The molecule has 3 rings (SSSR count). The summed E-state index contributed by atoms with van der Waals surface area (Å²) >= 11 is 0. The lowest BCUT2D eigenvalue weighted by Gasteiger charge is -2.29. The summed E-state index contributed by atoms with van der Waals surface area (Å²) in [4.78, 5) is 12.3. The van der Waals surface area contributed by atoms with Crippen LogP contribution in [0, 0.1) is 5.92 Å². The van der Waals surface area contributed by atoms with Gasteiger partial charge in [0.15, 0.2) is 0 Å². The van der Waals surface area contributed by atoms with Gasteiger partial charge in [0, 0.05) is 24.7 Å². The predicted octanol–water partition coefficient (Wildman–Crippen LogP) is 3.02. The molecule has 4 heteroatoms. The van der Waals surface area contributed by atoms with Gasteiger partial charge in [-0.25, -0.2) is 0 Å². The molecule has 0 aromatic heterocycles. The molecule has 2 atom stereocenters. The molecule has 0 saturated heterocycles. The van der Waals surface area contributed by atoms with Crippen LogP contribution in [0.5, 0.6) is 0 Å². The Kier molecular flexibility index (Phi) is 5.06. The Morgan fingerprint density at radius 3 is 2.75 bits per heavy atom. The molecule has 1 amide bonds. The second-order valence-electron chi connectivity index (χ2n) is 5.93. The van der Waals surface area contributed by atoms with Gasteiger partial charge < -0.3 is 10.6 Å². The van der Waals surface area contributed by atoms with E-state index in [0.717, 1.165) is 25.1 Å². The van der Waals surface area contributed by atoms with E-state index in [0.29, 0.717) is 12.0 Å². The summed E-state index contributed by atoms with van der Waals surface area (Å²) in [6, 6.07) is 6.43. The summed E-state index contributed by atoms with van der Waals surface area (Å²) in [5.74, 6) is 0.697. The molecule has 1 fully saturated rings. The average Bonchev–Trinajstić information content (AvgIpc) is 2.88. The third-order valence-corrected chi connectivity index (χ3v) is 4.53. The molecule has 0 radical (unpaired) electrons. The zero-order valence-electron chi connectivity index (χ0n) is 11.9. The van der Waals surface area contributed by atoms with Crippen LogP contribution in [0.2, 0.25) is 0 Å². The summed E-state index contributed by atoms with van der Waals surface area (Å²) in [6.45, 7) is 4.06. The van der Waals surface area contributed by atoms with Gasteiger partial charge in [-0.1, -0.05) is 25.8 Å². The zero-order valence-corrected chi connectivity index (χ0v) is 12.8. The van der Waals surface area contributed by atoms with E-state index in [1.165, 1.54) is 30.4 Å². The van der Waals surface area contributed by atoms with Gasteiger partial charge in [-0.2, -0.15) is 0 Å². The fourth-order valence-corrected chi connectivity index (χ4v) is 3.22. The first-order valence-electron chi connectivity index (χ1n) is 7.37. The lowest BCUT2D eigenvalue weighted by Crippen LogP contribution is -2.41. The Labute approximate surface area is 126 Å². The van der Waals surface area contributed by atoms with Crippen LogP contribution < -0.4 is 10.6 Å². The van der Waals surface area contributed by atoms with Crippen LogP contribution in [0.1, 0.15) is 54.1 Å². The normalized spacial score (nSPS) is 24.6. The molecule has 0 bridgehead atoms. The van der Waals surface area contributed by atoms with Gasteiger partial charge in [-0.15, -0.1) is 12.4 Å². The number of carbonyl (C=O) groups excluding carboxylic acids is 1. The molecule has 1 aliphatic heterocycles.